The Morgan fingerprint density at radius 1 is 1.44 bits per heavy atom. The van der Waals surface area contributed by atoms with E-state index in [2.05, 4.69) is 0 Å². The minimum atomic E-state index is -0.182. The molecule has 1 aromatic rings. The Morgan fingerprint density at radius 3 is 2.89 bits per heavy atom. The van der Waals surface area contributed by atoms with Gasteiger partial charge in [0.05, 0.1) is 13.7 Å². The Morgan fingerprint density at radius 2 is 2.22 bits per heavy atom. The second-order valence-electron chi connectivity index (χ2n) is 4.16. The van der Waals surface area contributed by atoms with Gasteiger partial charge in [0, 0.05) is 12.5 Å². The Kier molecular flexibility index (Phi) is 6.22. The number of nitrogens with two attached hydrogens (primary N) is 1. The summed E-state index contributed by atoms with van der Waals surface area (Å²) in [5.74, 6) is 0.642. The van der Waals surface area contributed by atoms with Crippen LogP contribution in [-0.2, 0) is 16.0 Å². The van der Waals surface area contributed by atoms with Crippen molar-refractivity contribution in [2.45, 2.75) is 32.2 Å². The normalized spacial score (nSPS) is 11.9. The van der Waals surface area contributed by atoms with Crippen molar-refractivity contribution < 1.29 is 14.3 Å². The van der Waals surface area contributed by atoms with Crippen LogP contribution < -0.4 is 10.5 Å². The predicted molar refractivity (Wildman–Crippen MR) is 70.5 cm³/mol. The van der Waals surface area contributed by atoms with Crippen LogP contribution >= 0.6 is 0 Å². The third kappa shape index (κ3) is 5.19. The fourth-order valence-corrected chi connectivity index (χ4v) is 1.74. The molecule has 0 bridgehead atoms. The molecule has 0 heterocycles. The number of ether oxygens (including phenoxy) is 2. The number of hydrogen-bond donors (Lipinski definition) is 1. The first-order chi connectivity index (χ1) is 8.65. The van der Waals surface area contributed by atoms with Gasteiger partial charge < -0.3 is 15.2 Å². The predicted octanol–water partition coefficient (Wildman–Crippen LogP) is 1.91. The van der Waals surface area contributed by atoms with Crippen molar-refractivity contribution in [1.82, 2.24) is 0 Å². The van der Waals surface area contributed by atoms with E-state index in [1.165, 1.54) is 0 Å². The lowest BCUT2D eigenvalue weighted by Gasteiger charge is -2.11. The highest BCUT2D eigenvalue weighted by Gasteiger charge is 2.09. The number of benzene rings is 1. The van der Waals surface area contributed by atoms with Crippen molar-refractivity contribution in [1.29, 1.82) is 0 Å². The van der Waals surface area contributed by atoms with Crippen LogP contribution in [-0.4, -0.2) is 25.7 Å². The first-order valence-corrected chi connectivity index (χ1v) is 6.19. The molecule has 1 rings (SSSR count). The summed E-state index contributed by atoms with van der Waals surface area (Å²) in [6, 6.07) is 7.76. The third-order valence-electron chi connectivity index (χ3n) is 2.66. The summed E-state index contributed by atoms with van der Waals surface area (Å²) in [6.45, 7) is 2.22. The van der Waals surface area contributed by atoms with Crippen LogP contribution in [0.15, 0.2) is 24.3 Å². The van der Waals surface area contributed by atoms with Crippen LogP contribution in [0.2, 0.25) is 0 Å². The SMILES string of the molecule is CCOC(=O)CCC(N)Cc1cccc(OC)c1. The summed E-state index contributed by atoms with van der Waals surface area (Å²) in [5, 5.41) is 0. The van der Waals surface area contributed by atoms with E-state index in [1.807, 2.05) is 24.3 Å². The molecule has 0 saturated heterocycles. The van der Waals surface area contributed by atoms with Crippen LogP contribution in [0.5, 0.6) is 5.75 Å². The number of rotatable bonds is 7. The van der Waals surface area contributed by atoms with Crippen LogP contribution in [0, 0.1) is 0 Å². The van der Waals surface area contributed by atoms with Gasteiger partial charge in [0.15, 0.2) is 0 Å². The van der Waals surface area contributed by atoms with Crippen molar-refractivity contribution in [3.63, 3.8) is 0 Å². The first-order valence-electron chi connectivity index (χ1n) is 6.19. The zero-order valence-corrected chi connectivity index (χ0v) is 11.0. The highest BCUT2D eigenvalue weighted by molar-refractivity contribution is 5.69. The first kappa shape index (κ1) is 14.5. The second-order valence-corrected chi connectivity index (χ2v) is 4.16. The van der Waals surface area contributed by atoms with Crippen molar-refractivity contribution in [3.8, 4) is 5.75 Å². The number of hydrogen-bond acceptors (Lipinski definition) is 4. The quantitative estimate of drug-likeness (QED) is 0.752. The fraction of sp³-hybridized carbons (Fsp3) is 0.500. The molecular formula is C14H21NO3. The highest BCUT2D eigenvalue weighted by Crippen LogP contribution is 2.14. The van der Waals surface area contributed by atoms with Gasteiger partial charge in [-0.1, -0.05) is 12.1 Å². The fourth-order valence-electron chi connectivity index (χ4n) is 1.74. The van der Waals surface area contributed by atoms with E-state index in [4.69, 9.17) is 15.2 Å². The highest BCUT2D eigenvalue weighted by atomic mass is 16.5. The van der Waals surface area contributed by atoms with E-state index in [-0.39, 0.29) is 12.0 Å². The van der Waals surface area contributed by atoms with E-state index in [0.717, 1.165) is 17.7 Å². The van der Waals surface area contributed by atoms with Crippen molar-refractivity contribution in [2.24, 2.45) is 5.73 Å². The lowest BCUT2D eigenvalue weighted by molar-refractivity contribution is -0.143. The summed E-state index contributed by atoms with van der Waals surface area (Å²) in [7, 11) is 1.64. The maximum absolute atomic E-state index is 11.2. The molecule has 4 nitrogen and oxygen atoms in total. The summed E-state index contributed by atoms with van der Waals surface area (Å²) < 4.78 is 10.0. The number of esters is 1. The lowest BCUT2D eigenvalue weighted by Crippen LogP contribution is -2.24. The summed E-state index contributed by atoms with van der Waals surface area (Å²) in [5.41, 5.74) is 7.11. The monoisotopic (exact) mass is 251 g/mol. The molecule has 1 atom stereocenters. The van der Waals surface area contributed by atoms with Gasteiger partial charge in [0.1, 0.15) is 5.75 Å². The summed E-state index contributed by atoms with van der Waals surface area (Å²) in [4.78, 5) is 11.2. The molecule has 18 heavy (non-hydrogen) atoms. The Balaban J connectivity index is 2.39. The molecule has 0 aliphatic carbocycles. The number of carbonyl (C=O) groups excluding carboxylic acids is 1. The van der Waals surface area contributed by atoms with Crippen LogP contribution in [0.3, 0.4) is 0 Å². The van der Waals surface area contributed by atoms with Gasteiger partial charge in [-0.2, -0.15) is 0 Å². The van der Waals surface area contributed by atoms with Gasteiger partial charge in [-0.15, -0.1) is 0 Å². The van der Waals surface area contributed by atoms with E-state index < -0.39 is 0 Å². The average molecular weight is 251 g/mol. The minimum Gasteiger partial charge on any atom is -0.497 e. The lowest BCUT2D eigenvalue weighted by atomic mass is 10.0. The molecule has 0 saturated carbocycles. The average Bonchev–Trinajstić information content (AvgIpc) is 2.37. The van der Waals surface area contributed by atoms with E-state index >= 15 is 0 Å². The molecule has 1 unspecified atom stereocenters. The van der Waals surface area contributed by atoms with Crippen LogP contribution in [0.4, 0.5) is 0 Å². The zero-order valence-electron chi connectivity index (χ0n) is 11.0. The van der Waals surface area contributed by atoms with Gasteiger partial charge in [-0.05, 0) is 37.5 Å². The molecule has 100 valence electrons. The molecule has 0 radical (unpaired) electrons. The number of carbonyl (C=O) groups is 1. The molecule has 0 spiro atoms. The van der Waals surface area contributed by atoms with Crippen LogP contribution in [0.25, 0.3) is 0 Å². The molecule has 0 aromatic heterocycles. The van der Waals surface area contributed by atoms with Crippen LogP contribution in [0.1, 0.15) is 25.3 Å². The van der Waals surface area contributed by atoms with Crippen molar-refractivity contribution in [3.05, 3.63) is 29.8 Å². The molecule has 0 aliphatic heterocycles. The zero-order chi connectivity index (χ0) is 13.4. The third-order valence-corrected chi connectivity index (χ3v) is 2.66. The number of methoxy groups -OCH3 is 1. The smallest absolute Gasteiger partial charge is 0.305 e. The second kappa shape index (κ2) is 7.71. The van der Waals surface area contributed by atoms with E-state index in [0.29, 0.717) is 19.4 Å². The summed E-state index contributed by atoms with van der Waals surface area (Å²) >= 11 is 0. The van der Waals surface area contributed by atoms with E-state index in [9.17, 15) is 4.79 Å². The molecular weight excluding hydrogens is 230 g/mol. The largest absolute Gasteiger partial charge is 0.497 e. The molecule has 0 amide bonds. The molecule has 0 aliphatic rings. The van der Waals surface area contributed by atoms with Gasteiger partial charge in [0.2, 0.25) is 0 Å². The van der Waals surface area contributed by atoms with E-state index in [1.54, 1.807) is 14.0 Å². The van der Waals surface area contributed by atoms with Gasteiger partial charge >= 0.3 is 5.97 Å². The minimum absolute atomic E-state index is 0.0403. The topological polar surface area (TPSA) is 61.5 Å². The Bertz CT molecular complexity index is 379. The molecule has 4 heteroatoms. The van der Waals surface area contributed by atoms with Crippen molar-refractivity contribution >= 4 is 5.97 Å². The summed E-state index contributed by atoms with van der Waals surface area (Å²) in [6.07, 6.45) is 1.74. The molecule has 0 fully saturated rings. The molecule has 1 aromatic carbocycles. The van der Waals surface area contributed by atoms with Gasteiger partial charge in [0.25, 0.3) is 0 Å². The standard InChI is InChI=1S/C14H21NO3/c1-3-18-14(16)8-7-12(15)9-11-5-4-6-13(10-11)17-2/h4-6,10,12H,3,7-9,15H2,1-2H3. The Hall–Kier alpha value is -1.55. The van der Waals surface area contributed by atoms with Crippen molar-refractivity contribution in [2.75, 3.05) is 13.7 Å². The van der Waals surface area contributed by atoms with Gasteiger partial charge in [-0.3, -0.25) is 4.79 Å². The molecule has 2 N–H and O–H groups in total. The Labute approximate surface area is 108 Å². The maximum Gasteiger partial charge on any atom is 0.305 e. The van der Waals surface area contributed by atoms with Gasteiger partial charge in [-0.25, -0.2) is 0 Å². The maximum atomic E-state index is 11.2.